The van der Waals surface area contributed by atoms with Crippen LogP contribution in [0.25, 0.3) is 32.1 Å². The zero-order chi connectivity index (χ0) is 38.0. The van der Waals surface area contributed by atoms with Gasteiger partial charge in [0.25, 0.3) is 12.3 Å². The molecule has 10 nitrogen and oxygen atoms in total. The molecule has 0 spiro atoms. The van der Waals surface area contributed by atoms with Crippen molar-refractivity contribution in [1.29, 1.82) is 5.26 Å². The van der Waals surface area contributed by atoms with E-state index in [1.807, 2.05) is 0 Å². The van der Waals surface area contributed by atoms with Crippen molar-refractivity contribution in [2.24, 2.45) is 0 Å². The number of ether oxygens (including phenoxy) is 1. The number of pyridine rings is 1. The Morgan fingerprint density at radius 2 is 1.87 bits per heavy atom. The second-order valence-corrected chi connectivity index (χ2v) is 13.1. The van der Waals surface area contributed by atoms with Gasteiger partial charge < -0.3 is 26.6 Å². The fraction of sp³-hybridized carbons (Fsp3) is 0.312. The zero-order valence-corrected chi connectivity index (χ0v) is 27.5. The number of halogens is 9. The normalized spacial score (nSPS) is 17.5. The fourth-order valence-corrected chi connectivity index (χ4v) is 7.33. The number of aromatic hydroxyl groups is 1. The van der Waals surface area contributed by atoms with Crippen LogP contribution in [0.4, 0.5) is 56.2 Å². The van der Waals surface area contributed by atoms with Crippen LogP contribution in [0.5, 0.6) is 11.8 Å². The molecule has 1 aliphatic rings. The van der Waals surface area contributed by atoms with Crippen molar-refractivity contribution in [3.8, 4) is 29.0 Å². The molecule has 0 aliphatic carbocycles. The molecule has 3 aromatic heterocycles. The van der Waals surface area contributed by atoms with E-state index in [9.17, 15) is 45.5 Å². The molecule has 0 amide bonds. The zero-order valence-electron chi connectivity index (χ0n) is 26.7. The number of rotatable bonds is 8. The van der Waals surface area contributed by atoms with E-state index >= 15 is 4.39 Å². The Bertz CT molecular complexity index is 2260. The van der Waals surface area contributed by atoms with Gasteiger partial charge in [-0.2, -0.15) is 28.4 Å². The smallest absolute Gasteiger partial charge is 0.420 e. The minimum atomic E-state index is -5.58. The van der Waals surface area contributed by atoms with Crippen molar-refractivity contribution < 1.29 is 49.4 Å². The summed E-state index contributed by atoms with van der Waals surface area (Å²) >= 11 is 0.513. The maximum Gasteiger partial charge on any atom is 0.420 e. The lowest BCUT2D eigenvalue weighted by atomic mass is 9.91. The van der Waals surface area contributed by atoms with Crippen LogP contribution in [-0.4, -0.2) is 63.0 Å². The quantitative estimate of drug-likeness (QED) is 0.117. The average molecular weight is 757 g/mol. The van der Waals surface area contributed by atoms with E-state index in [-0.39, 0.29) is 10.6 Å². The Morgan fingerprint density at radius 3 is 2.46 bits per heavy atom. The number of nitrogens with two attached hydrogens (primary N) is 2. The number of thiophene rings is 1. The van der Waals surface area contributed by atoms with Crippen molar-refractivity contribution in [2.45, 2.75) is 50.1 Å². The number of phenolic OH excluding ortho intramolecular Hbond substituents is 1. The Labute approximate surface area is 291 Å². The minimum Gasteiger partial charge on any atom is -0.506 e. The predicted octanol–water partition coefficient (Wildman–Crippen LogP) is 7.47. The van der Waals surface area contributed by atoms with Gasteiger partial charge in [-0.1, -0.05) is 12.1 Å². The van der Waals surface area contributed by atoms with Crippen LogP contribution in [0.1, 0.15) is 36.1 Å². The molecule has 0 radical (unpaired) electrons. The Kier molecular flexibility index (Phi) is 9.15. The molecule has 5 aromatic rings. The van der Waals surface area contributed by atoms with E-state index in [1.165, 1.54) is 31.1 Å². The number of hydrogen-bond donors (Lipinski definition) is 4. The minimum absolute atomic E-state index is 0.295. The lowest BCUT2D eigenvalue weighted by molar-refractivity contribution is -0.138. The molecule has 1 fully saturated rings. The molecular formula is C32H25F9N8O2S. The summed E-state index contributed by atoms with van der Waals surface area (Å²) in [5, 5.41) is 21.4. The van der Waals surface area contributed by atoms with Gasteiger partial charge in [-0.15, -0.1) is 11.3 Å². The lowest BCUT2D eigenvalue weighted by Gasteiger charge is -2.26. The van der Waals surface area contributed by atoms with Gasteiger partial charge in [-0.05, 0) is 31.7 Å². The first-order chi connectivity index (χ1) is 24.3. The van der Waals surface area contributed by atoms with E-state index in [0.29, 0.717) is 17.4 Å². The summed E-state index contributed by atoms with van der Waals surface area (Å²) in [4.78, 5) is 12.8. The van der Waals surface area contributed by atoms with Crippen LogP contribution >= 0.6 is 11.3 Å². The largest absolute Gasteiger partial charge is 0.506 e. The number of likely N-dealkylation sites (N-methyl/N-ethyl adjacent to an activating group) is 1. The highest BCUT2D eigenvalue weighted by Crippen LogP contribution is 2.52. The van der Waals surface area contributed by atoms with Gasteiger partial charge in [0.15, 0.2) is 5.82 Å². The second kappa shape index (κ2) is 13.0. The number of alkyl halides is 7. The number of likely N-dealkylation sites (tertiary alicyclic amines) is 1. The molecule has 1 unspecified atom stereocenters. The first kappa shape index (κ1) is 36.5. The number of benzene rings is 2. The predicted molar refractivity (Wildman–Crippen MR) is 173 cm³/mol. The number of nitriles is 1. The first-order valence-corrected chi connectivity index (χ1v) is 15.9. The number of aromatic nitrogens is 3. The standard InChI is InChI=1S/C32H25F9N8O2S/c1-11(16-8-31(37,38)10-49(16)2)51-30-47-23-19(29(48-30)46-22(26(35)36)13-4-3-7-45-27(13)43)24(50)20(32(39,40)41)18(21(23)34)12-5-6-15(33)25-17(12)14(9-42)28(44)52-25/h3-7,11,16,22,26,50H,8,10,44H2,1-2H3,(H2,43,45)(H,46,47,48)/t11?,16-,22-/m0/s1. The highest BCUT2D eigenvalue weighted by Gasteiger charge is 2.47. The Hall–Kier alpha value is -5.29. The molecule has 0 saturated carbocycles. The van der Waals surface area contributed by atoms with E-state index in [0.717, 1.165) is 12.1 Å². The molecule has 2 aromatic carbocycles. The van der Waals surface area contributed by atoms with Gasteiger partial charge >= 0.3 is 12.2 Å². The maximum atomic E-state index is 17.0. The summed E-state index contributed by atoms with van der Waals surface area (Å²) in [5.41, 5.74) is 5.58. The lowest BCUT2D eigenvalue weighted by Crippen LogP contribution is -2.38. The molecule has 274 valence electrons. The number of nitrogens with one attached hydrogen (secondary N) is 1. The fourth-order valence-electron chi connectivity index (χ4n) is 6.38. The maximum absolute atomic E-state index is 17.0. The molecule has 6 rings (SSSR count). The van der Waals surface area contributed by atoms with E-state index in [4.69, 9.17) is 16.2 Å². The van der Waals surface area contributed by atoms with Gasteiger partial charge in [0.05, 0.1) is 28.2 Å². The molecule has 1 saturated heterocycles. The van der Waals surface area contributed by atoms with Crippen molar-refractivity contribution in [2.75, 3.05) is 30.4 Å². The van der Waals surface area contributed by atoms with Crippen LogP contribution in [0, 0.1) is 23.0 Å². The summed E-state index contributed by atoms with van der Waals surface area (Å²) in [6.45, 7) is 0.697. The van der Waals surface area contributed by atoms with Crippen LogP contribution in [-0.2, 0) is 6.18 Å². The number of nitrogen functional groups attached to an aromatic ring is 2. The molecule has 4 heterocycles. The summed E-state index contributed by atoms with van der Waals surface area (Å²) in [6, 6.07) is 1.49. The molecular weight excluding hydrogens is 731 g/mol. The molecule has 0 bridgehead atoms. The first-order valence-electron chi connectivity index (χ1n) is 15.1. The third-order valence-electron chi connectivity index (χ3n) is 8.66. The molecule has 6 N–H and O–H groups in total. The van der Waals surface area contributed by atoms with Gasteiger partial charge in [0.2, 0.25) is 0 Å². The summed E-state index contributed by atoms with van der Waals surface area (Å²) in [5.74, 6) is -9.06. The van der Waals surface area contributed by atoms with Crippen LogP contribution in [0.15, 0.2) is 30.5 Å². The Morgan fingerprint density at radius 1 is 1.15 bits per heavy atom. The second-order valence-electron chi connectivity index (χ2n) is 12.0. The third-order valence-corrected chi connectivity index (χ3v) is 9.69. The summed E-state index contributed by atoms with van der Waals surface area (Å²) < 4.78 is 140. The van der Waals surface area contributed by atoms with Crippen LogP contribution < -0.4 is 21.5 Å². The van der Waals surface area contributed by atoms with Crippen LogP contribution in [0.3, 0.4) is 0 Å². The van der Waals surface area contributed by atoms with Crippen molar-refractivity contribution in [3.05, 3.63) is 58.8 Å². The highest BCUT2D eigenvalue weighted by atomic mass is 32.1. The van der Waals surface area contributed by atoms with Crippen LogP contribution in [0.2, 0.25) is 0 Å². The monoisotopic (exact) mass is 756 g/mol. The van der Waals surface area contributed by atoms with Crippen molar-refractivity contribution in [3.63, 3.8) is 0 Å². The van der Waals surface area contributed by atoms with Gasteiger partial charge in [0, 0.05) is 29.1 Å². The van der Waals surface area contributed by atoms with Gasteiger partial charge in [-0.3, -0.25) is 4.90 Å². The molecule has 52 heavy (non-hydrogen) atoms. The van der Waals surface area contributed by atoms with E-state index in [2.05, 4.69) is 20.3 Å². The Balaban J connectivity index is 1.67. The van der Waals surface area contributed by atoms with E-state index < -0.39 is 128 Å². The average Bonchev–Trinajstić information content (AvgIpc) is 3.55. The van der Waals surface area contributed by atoms with Crippen molar-refractivity contribution >= 4 is 49.0 Å². The van der Waals surface area contributed by atoms with Crippen molar-refractivity contribution in [1.82, 2.24) is 19.9 Å². The molecule has 1 aliphatic heterocycles. The summed E-state index contributed by atoms with van der Waals surface area (Å²) in [6.07, 6.45) is -9.63. The molecule has 3 atom stereocenters. The highest BCUT2D eigenvalue weighted by molar-refractivity contribution is 7.23. The summed E-state index contributed by atoms with van der Waals surface area (Å²) in [7, 11) is 1.38. The number of anilines is 3. The van der Waals surface area contributed by atoms with Gasteiger partial charge in [0.1, 0.15) is 57.5 Å². The topological polar surface area (TPSA) is 159 Å². The number of hydrogen-bond acceptors (Lipinski definition) is 11. The van der Waals surface area contributed by atoms with E-state index in [1.54, 1.807) is 6.07 Å². The van der Waals surface area contributed by atoms with Gasteiger partial charge in [-0.25, -0.2) is 31.3 Å². The number of phenols is 1. The number of fused-ring (bicyclic) bond motifs is 2. The third kappa shape index (κ3) is 6.27. The number of nitrogens with zero attached hydrogens (tertiary/aromatic N) is 5. The molecule has 20 heteroatoms. The SMILES string of the molecule is CC(Oc1nc(N[C@@H](c2cccnc2N)C(F)F)c2c(O)c(C(F)(F)F)c(-c3ccc(F)c4sc(N)c(C#N)c34)c(F)c2n1)[C@@H]1CC(F)(F)CN1C.